The molecule has 0 radical (unpaired) electrons. The van der Waals surface area contributed by atoms with Crippen molar-refractivity contribution in [2.45, 2.75) is 32.3 Å². The van der Waals surface area contributed by atoms with Gasteiger partial charge in [0.15, 0.2) is 6.10 Å². The zero-order chi connectivity index (χ0) is 13.0. The number of oxime groups is 1. The summed E-state index contributed by atoms with van der Waals surface area (Å²) < 4.78 is 0. The molecular formula is C14H16N2OS. The largest absolute Gasteiger partial charge is 0.390 e. The van der Waals surface area contributed by atoms with E-state index >= 15 is 0 Å². The number of aliphatic imine (C=N–C) groups is 1. The first-order valence-electron chi connectivity index (χ1n) is 6.07. The first kappa shape index (κ1) is 12.9. The molecule has 0 saturated heterocycles. The highest BCUT2D eigenvalue weighted by molar-refractivity contribution is 7.78. The number of hydrogen-bond donors (Lipinski definition) is 0. The third kappa shape index (κ3) is 3.03. The molecule has 1 aromatic carbocycles. The van der Waals surface area contributed by atoms with Gasteiger partial charge in [0.2, 0.25) is 0 Å². The van der Waals surface area contributed by atoms with Gasteiger partial charge in [0.25, 0.3) is 0 Å². The minimum atomic E-state index is 0.000209. The standard InChI is InChI=1S/C14H16N2OS/c1-10(2)11-3-5-12(6-4-11)14-7-13(17-16-14)8-15-9-18/h3-6,10,13H,7-8H2,1-2H3. The fraction of sp³-hybridized carbons (Fsp3) is 0.429. The van der Waals surface area contributed by atoms with E-state index in [0.29, 0.717) is 12.5 Å². The van der Waals surface area contributed by atoms with E-state index < -0.39 is 0 Å². The third-order valence-electron chi connectivity index (χ3n) is 3.00. The van der Waals surface area contributed by atoms with Crippen molar-refractivity contribution in [1.29, 1.82) is 0 Å². The molecule has 18 heavy (non-hydrogen) atoms. The van der Waals surface area contributed by atoms with Crippen LogP contribution in [-0.2, 0) is 4.84 Å². The zero-order valence-electron chi connectivity index (χ0n) is 10.6. The van der Waals surface area contributed by atoms with Gasteiger partial charge < -0.3 is 4.84 Å². The summed E-state index contributed by atoms with van der Waals surface area (Å²) in [6.07, 6.45) is 0.780. The smallest absolute Gasteiger partial charge is 0.153 e. The Morgan fingerprint density at radius 3 is 2.78 bits per heavy atom. The first-order valence-corrected chi connectivity index (χ1v) is 6.48. The summed E-state index contributed by atoms with van der Waals surface area (Å²) in [5, 5.41) is 6.46. The Labute approximate surface area is 113 Å². The monoisotopic (exact) mass is 260 g/mol. The van der Waals surface area contributed by atoms with Crippen LogP contribution in [0.2, 0.25) is 0 Å². The highest BCUT2D eigenvalue weighted by atomic mass is 32.1. The fourth-order valence-corrected chi connectivity index (χ4v) is 1.97. The molecule has 1 aliphatic heterocycles. The van der Waals surface area contributed by atoms with Crippen LogP contribution >= 0.6 is 12.2 Å². The molecule has 3 nitrogen and oxygen atoms in total. The number of isothiocyanates is 1. The molecule has 2 rings (SSSR count). The Hall–Kier alpha value is -1.51. The van der Waals surface area contributed by atoms with Gasteiger partial charge in [-0.3, -0.25) is 0 Å². The van der Waals surface area contributed by atoms with Gasteiger partial charge in [-0.05, 0) is 29.3 Å². The molecule has 0 bridgehead atoms. The second-order valence-corrected chi connectivity index (χ2v) is 4.86. The summed E-state index contributed by atoms with van der Waals surface area (Å²) in [5.74, 6) is 0.547. The zero-order valence-corrected chi connectivity index (χ0v) is 11.4. The van der Waals surface area contributed by atoms with Gasteiger partial charge in [-0.2, -0.15) is 0 Å². The van der Waals surface area contributed by atoms with Crippen LogP contribution in [-0.4, -0.2) is 23.5 Å². The minimum absolute atomic E-state index is 0.000209. The Balaban J connectivity index is 2.03. The maximum absolute atomic E-state index is 5.31. The quantitative estimate of drug-likeness (QED) is 0.614. The number of thiocarbonyl (C=S) groups is 1. The second kappa shape index (κ2) is 5.89. The average Bonchev–Trinajstić information content (AvgIpc) is 2.85. The maximum atomic E-state index is 5.31. The first-order chi connectivity index (χ1) is 8.70. The lowest BCUT2D eigenvalue weighted by molar-refractivity contribution is 0.0924. The van der Waals surface area contributed by atoms with Gasteiger partial charge in [-0.1, -0.05) is 43.3 Å². The van der Waals surface area contributed by atoms with Crippen molar-refractivity contribution in [2.24, 2.45) is 10.1 Å². The van der Waals surface area contributed by atoms with E-state index in [2.05, 4.69) is 65.6 Å². The van der Waals surface area contributed by atoms with E-state index in [0.717, 1.165) is 17.7 Å². The maximum Gasteiger partial charge on any atom is 0.153 e. The van der Waals surface area contributed by atoms with Gasteiger partial charge >= 0.3 is 0 Å². The van der Waals surface area contributed by atoms with Crippen LogP contribution in [0, 0.1) is 0 Å². The van der Waals surface area contributed by atoms with Crippen LogP contribution < -0.4 is 0 Å². The summed E-state index contributed by atoms with van der Waals surface area (Å²) in [7, 11) is 0. The summed E-state index contributed by atoms with van der Waals surface area (Å²) in [4.78, 5) is 9.19. The van der Waals surface area contributed by atoms with E-state index in [1.165, 1.54) is 5.56 Å². The van der Waals surface area contributed by atoms with Crippen molar-refractivity contribution in [3.8, 4) is 0 Å². The van der Waals surface area contributed by atoms with E-state index in [1.54, 1.807) is 0 Å². The predicted octanol–water partition coefficient (Wildman–Crippen LogP) is 3.41. The predicted molar refractivity (Wildman–Crippen MR) is 76.5 cm³/mol. The average molecular weight is 260 g/mol. The van der Waals surface area contributed by atoms with Crippen LogP contribution in [0.15, 0.2) is 34.4 Å². The Kier molecular flexibility index (Phi) is 4.24. The third-order valence-corrected chi connectivity index (χ3v) is 3.13. The van der Waals surface area contributed by atoms with Gasteiger partial charge in [-0.25, -0.2) is 4.99 Å². The molecule has 0 aliphatic carbocycles. The van der Waals surface area contributed by atoms with Gasteiger partial charge in [0.05, 0.1) is 17.4 Å². The van der Waals surface area contributed by atoms with E-state index in [4.69, 9.17) is 4.84 Å². The Morgan fingerprint density at radius 2 is 2.17 bits per heavy atom. The molecule has 0 amide bonds. The van der Waals surface area contributed by atoms with Gasteiger partial charge in [0.1, 0.15) is 0 Å². The number of hydrogen-bond acceptors (Lipinski definition) is 4. The van der Waals surface area contributed by atoms with E-state index in [9.17, 15) is 0 Å². The molecule has 0 saturated carbocycles. The molecule has 0 spiro atoms. The normalized spacial score (nSPS) is 18.2. The SMILES string of the molecule is CC(C)c1ccc(C2=NOC(CN=C=S)C2)cc1. The number of benzene rings is 1. The summed E-state index contributed by atoms with van der Waals surface area (Å²) in [6.45, 7) is 4.90. The van der Waals surface area contributed by atoms with Crippen molar-refractivity contribution < 1.29 is 4.84 Å². The lowest BCUT2D eigenvalue weighted by atomic mass is 9.99. The molecular weight excluding hydrogens is 244 g/mol. The summed E-state index contributed by atoms with van der Waals surface area (Å²) >= 11 is 4.54. The number of rotatable bonds is 4. The summed E-state index contributed by atoms with van der Waals surface area (Å²) in [5.41, 5.74) is 3.43. The molecule has 0 aromatic heterocycles. The van der Waals surface area contributed by atoms with Crippen LogP contribution in [0.3, 0.4) is 0 Å². The van der Waals surface area contributed by atoms with Crippen molar-refractivity contribution in [1.82, 2.24) is 0 Å². The molecule has 1 unspecified atom stereocenters. The highest BCUT2D eigenvalue weighted by Crippen LogP contribution is 2.20. The molecule has 4 heteroatoms. The van der Waals surface area contributed by atoms with E-state index in [-0.39, 0.29) is 6.10 Å². The topological polar surface area (TPSA) is 34.0 Å². The highest BCUT2D eigenvalue weighted by Gasteiger charge is 2.21. The van der Waals surface area contributed by atoms with E-state index in [1.807, 2.05) is 0 Å². The summed E-state index contributed by atoms with van der Waals surface area (Å²) in [6, 6.07) is 8.49. The second-order valence-electron chi connectivity index (χ2n) is 4.68. The fourth-order valence-electron chi connectivity index (χ4n) is 1.90. The molecule has 1 aromatic rings. The van der Waals surface area contributed by atoms with Crippen LogP contribution in [0.25, 0.3) is 0 Å². The van der Waals surface area contributed by atoms with Crippen molar-refractivity contribution >= 4 is 23.1 Å². The minimum Gasteiger partial charge on any atom is -0.390 e. The lowest BCUT2D eigenvalue weighted by Crippen LogP contribution is -2.11. The molecule has 1 heterocycles. The van der Waals surface area contributed by atoms with Crippen LogP contribution in [0.5, 0.6) is 0 Å². The molecule has 0 fully saturated rings. The van der Waals surface area contributed by atoms with Crippen molar-refractivity contribution in [2.75, 3.05) is 6.54 Å². The Bertz CT molecular complexity index is 487. The Morgan fingerprint density at radius 1 is 1.44 bits per heavy atom. The molecule has 94 valence electrons. The molecule has 0 N–H and O–H groups in total. The number of nitrogens with zero attached hydrogens (tertiary/aromatic N) is 2. The van der Waals surface area contributed by atoms with Crippen molar-refractivity contribution in [3.63, 3.8) is 0 Å². The molecule has 1 atom stereocenters. The van der Waals surface area contributed by atoms with Gasteiger partial charge in [-0.15, -0.1) is 0 Å². The van der Waals surface area contributed by atoms with Crippen molar-refractivity contribution in [3.05, 3.63) is 35.4 Å². The molecule has 1 aliphatic rings. The lowest BCUT2D eigenvalue weighted by Gasteiger charge is -2.06. The van der Waals surface area contributed by atoms with Crippen LogP contribution in [0.4, 0.5) is 0 Å². The van der Waals surface area contributed by atoms with Crippen LogP contribution in [0.1, 0.15) is 37.3 Å². The van der Waals surface area contributed by atoms with Gasteiger partial charge in [0, 0.05) is 6.42 Å².